The Morgan fingerprint density at radius 3 is 2.41 bits per heavy atom. The number of primary amides is 1. The van der Waals surface area contributed by atoms with E-state index >= 15 is 0 Å². The number of aromatic nitrogens is 2. The van der Waals surface area contributed by atoms with Crippen molar-refractivity contribution in [1.82, 2.24) is 14.7 Å². The molecule has 1 heterocycles. The molecule has 0 aliphatic heterocycles. The molecule has 1 rings (SSSR count). The van der Waals surface area contributed by atoms with Crippen molar-refractivity contribution in [2.75, 3.05) is 18.8 Å². The maximum atomic E-state index is 12.1. The van der Waals surface area contributed by atoms with E-state index in [0.717, 1.165) is 0 Å². The third-order valence-corrected chi connectivity index (χ3v) is 2.49. The molecule has 0 aliphatic rings. The summed E-state index contributed by atoms with van der Waals surface area (Å²) in [5.74, 6) is -0.899. The number of amides is 2. The SMILES string of the molecule is CCN(CC(N)=O)C(=O)c1c(N)c(C)nn1C. The zero-order valence-electron chi connectivity index (χ0n) is 10.2. The van der Waals surface area contributed by atoms with Gasteiger partial charge in [0.15, 0.2) is 0 Å². The highest BCUT2D eigenvalue weighted by Gasteiger charge is 2.23. The summed E-state index contributed by atoms with van der Waals surface area (Å²) >= 11 is 0. The van der Waals surface area contributed by atoms with Gasteiger partial charge in [-0.3, -0.25) is 14.3 Å². The van der Waals surface area contributed by atoms with Gasteiger partial charge in [-0.15, -0.1) is 0 Å². The zero-order chi connectivity index (χ0) is 13.2. The molecule has 0 aromatic carbocycles. The van der Waals surface area contributed by atoms with Crippen LogP contribution in [-0.4, -0.2) is 39.6 Å². The number of nitrogens with zero attached hydrogens (tertiary/aromatic N) is 3. The van der Waals surface area contributed by atoms with E-state index in [-0.39, 0.29) is 18.1 Å². The molecule has 0 fully saturated rings. The maximum Gasteiger partial charge on any atom is 0.274 e. The standard InChI is InChI=1S/C10H17N5O2/c1-4-15(5-7(11)16)10(17)9-8(12)6(2)13-14(9)3/h4-5,12H2,1-3H3,(H2,11,16). The van der Waals surface area contributed by atoms with Crippen molar-refractivity contribution in [1.29, 1.82) is 0 Å². The molecule has 0 unspecified atom stereocenters. The summed E-state index contributed by atoms with van der Waals surface area (Å²) < 4.78 is 1.41. The van der Waals surface area contributed by atoms with Crippen LogP contribution < -0.4 is 11.5 Å². The van der Waals surface area contributed by atoms with Gasteiger partial charge in [0, 0.05) is 13.6 Å². The first-order valence-electron chi connectivity index (χ1n) is 5.25. The van der Waals surface area contributed by atoms with E-state index in [2.05, 4.69) is 5.10 Å². The topological polar surface area (TPSA) is 107 Å². The molecule has 0 aliphatic carbocycles. The van der Waals surface area contributed by atoms with Crippen molar-refractivity contribution in [3.63, 3.8) is 0 Å². The Hall–Kier alpha value is -2.05. The second kappa shape index (κ2) is 4.86. The van der Waals surface area contributed by atoms with Gasteiger partial charge in [-0.1, -0.05) is 0 Å². The second-order valence-electron chi connectivity index (χ2n) is 3.76. The number of rotatable bonds is 4. The molecule has 7 heteroatoms. The van der Waals surface area contributed by atoms with Gasteiger partial charge in [0.05, 0.1) is 17.9 Å². The van der Waals surface area contributed by atoms with Crippen LogP contribution in [0, 0.1) is 6.92 Å². The molecule has 0 saturated heterocycles. The number of hydrogen-bond donors (Lipinski definition) is 2. The minimum Gasteiger partial charge on any atom is -0.395 e. The predicted octanol–water partition coefficient (Wildman–Crippen LogP) is -0.742. The summed E-state index contributed by atoms with van der Waals surface area (Å²) in [6.45, 7) is 3.74. The Morgan fingerprint density at radius 1 is 1.47 bits per heavy atom. The molecule has 0 radical (unpaired) electrons. The lowest BCUT2D eigenvalue weighted by Gasteiger charge is -2.19. The summed E-state index contributed by atoms with van der Waals surface area (Å²) in [6, 6.07) is 0. The number of carbonyl (C=O) groups excluding carboxylic acids is 2. The van der Waals surface area contributed by atoms with Crippen LogP contribution in [0.1, 0.15) is 23.1 Å². The zero-order valence-corrected chi connectivity index (χ0v) is 10.2. The number of anilines is 1. The lowest BCUT2D eigenvalue weighted by Crippen LogP contribution is -2.39. The summed E-state index contributed by atoms with van der Waals surface area (Å²) in [7, 11) is 1.63. The first-order valence-corrected chi connectivity index (χ1v) is 5.25. The molecule has 17 heavy (non-hydrogen) atoms. The first-order chi connectivity index (χ1) is 7.88. The van der Waals surface area contributed by atoms with Gasteiger partial charge in [-0.25, -0.2) is 0 Å². The van der Waals surface area contributed by atoms with E-state index < -0.39 is 5.91 Å². The normalized spacial score (nSPS) is 10.3. The molecule has 1 aromatic heterocycles. The molecule has 0 atom stereocenters. The van der Waals surface area contributed by atoms with Crippen molar-refractivity contribution in [2.45, 2.75) is 13.8 Å². The van der Waals surface area contributed by atoms with Crippen molar-refractivity contribution < 1.29 is 9.59 Å². The monoisotopic (exact) mass is 239 g/mol. The summed E-state index contributed by atoms with van der Waals surface area (Å²) in [5.41, 5.74) is 12.1. The molecule has 94 valence electrons. The van der Waals surface area contributed by atoms with Gasteiger partial charge in [0.2, 0.25) is 5.91 Å². The number of likely N-dealkylation sites (N-methyl/N-ethyl adjacent to an activating group) is 1. The summed E-state index contributed by atoms with van der Waals surface area (Å²) in [6.07, 6.45) is 0. The van der Waals surface area contributed by atoms with Crippen LogP contribution in [0.25, 0.3) is 0 Å². The number of nitrogens with two attached hydrogens (primary N) is 2. The van der Waals surface area contributed by atoms with Crippen molar-refractivity contribution in [3.05, 3.63) is 11.4 Å². The third kappa shape index (κ3) is 2.55. The van der Waals surface area contributed by atoms with Gasteiger partial charge in [-0.05, 0) is 13.8 Å². The van der Waals surface area contributed by atoms with Crippen LogP contribution in [-0.2, 0) is 11.8 Å². The Morgan fingerprint density at radius 2 is 2.06 bits per heavy atom. The molecule has 0 spiro atoms. The van der Waals surface area contributed by atoms with Crippen LogP contribution in [0.5, 0.6) is 0 Å². The van der Waals surface area contributed by atoms with Crippen LogP contribution in [0.2, 0.25) is 0 Å². The van der Waals surface area contributed by atoms with Gasteiger partial charge in [0.25, 0.3) is 5.91 Å². The molecule has 0 saturated carbocycles. The minimum absolute atomic E-state index is 0.126. The van der Waals surface area contributed by atoms with Gasteiger partial charge < -0.3 is 16.4 Å². The van der Waals surface area contributed by atoms with Crippen LogP contribution in [0.15, 0.2) is 0 Å². The Kier molecular flexibility index (Phi) is 3.72. The largest absolute Gasteiger partial charge is 0.395 e. The summed E-state index contributed by atoms with van der Waals surface area (Å²) in [5, 5.41) is 4.06. The van der Waals surface area contributed by atoms with Gasteiger partial charge in [0.1, 0.15) is 5.69 Å². The van der Waals surface area contributed by atoms with Crippen molar-refractivity contribution in [2.24, 2.45) is 12.8 Å². The van der Waals surface area contributed by atoms with Gasteiger partial charge in [-0.2, -0.15) is 5.10 Å². The maximum absolute atomic E-state index is 12.1. The van der Waals surface area contributed by atoms with E-state index in [1.807, 2.05) is 0 Å². The van der Waals surface area contributed by atoms with Crippen molar-refractivity contribution >= 4 is 17.5 Å². The fourth-order valence-electron chi connectivity index (χ4n) is 1.59. The van der Waals surface area contributed by atoms with Crippen LogP contribution in [0.4, 0.5) is 5.69 Å². The average molecular weight is 239 g/mol. The fourth-order valence-corrected chi connectivity index (χ4v) is 1.59. The van der Waals surface area contributed by atoms with Crippen LogP contribution >= 0.6 is 0 Å². The van der Waals surface area contributed by atoms with E-state index in [1.165, 1.54) is 9.58 Å². The second-order valence-corrected chi connectivity index (χ2v) is 3.76. The Balaban J connectivity index is 3.05. The fraction of sp³-hybridized carbons (Fsp3) is 0.500. The predicted molar refractivity (Wildman–Crippen MR) is 63.1 cm³/mol. The van der Waals surface area contributed by atoms with E-state index in [0.29, 0.717) is 17.9 Å². The Labute approximate surface area is 99.4 Å². The van der Waals surface area contributed by atoms with Crippen LogP contribution in [0.3, 0.4) is 0 Å². The highest BCUT2D eigenvalue weighted by Crippen LogP contribution is 2.17. The quantitative estimate of drug-likeness (QED) is 0.721. The van der Waals surface area contributed by atoms with E-state index in [1.54, 1.807) is 20.9 Å². The molecule has 1 aromatic rings. The van der Waals surface area contributed by atoms with Crippen molar-refractivity contribution in [3.8, 4) is 0 Å². The highest BCUT2D eigenvalue weighted by atomic mass is 16.2. The highest BCUT2D eigenvalue weighted by molar-refractivity contribution is 5.99. The number of carbonyl (C=O) groups is 2. The average Bonchev–Trinajstić information content (AvgIpc) is 2.48. The number of nitrogen functional groups attached to an aromatic ring is 1. The molecule has 4 N–H and O–H groups in total. The minimum atomic E-state index is -0.558. The summed E-state index contributed by atoms with van der Waals surface area (Å²) in [4.78, 5) is 24.3. The smallest absolute Gasteiger partial charge is 0.274 e. The molecule has 2 amide bonds. The first kappa shape index (κ1) is 13.0. The molecular weight excluding hydrogens is 222 g/mol. The van der Waals surface area contributed by atoms with Gasteiger partial charge >= 0.3 is 0 Å². The van der Waals surface area contributed by atoms with E-state index in [4.69, 9.17) is 11.5 Å². The third-order valence-electron chi connectivity index (χ3n) is 2.49. The molecular formula is C10H17N5O2. The Bertz CT molecular complexity index is 452. The van der Waals surface area contributed by atoms with E-state index in [9.17, 15) is 9.59 Å². The molecule has 0 bridgehead atoms. The number of aryl methyl sites for hydroxylation is 2. The lowest BCUT2D eigenvalue weighted by atomic mass is 10.2. The lowest BCUT2D eigenvalue weighted by molar-refractivity contribution is -0.118. The molecule has 7 nitrogen and oxygen atoms in total. The number of hydrogen-bond acceptors (Lipinski definition) is 4.